The zero-order valence-corrected chi connectivity index (χ0v) is 34.7. The molecule has 0 amide bonds. The minimum Gasteiger partial charge on any atom is -0.462 e. The van der Waals surface area contributed by atoms with E-state index in [0.717, 1.165) is 69.6 Å². The van der Waals surface area contributed by atoms with Crippen LogP contribution in [0.5, 0.6) is 0 Å². The van der Waals surface area contributed by atoms with Crippen LogP contribution < -0.4 is 0 Å². The second-order valence-electron chi connectivity index (χ2n) is 16.3. The summed E-state index contributed by atoms with van der Waals surface area (Å²) >= 11 is 0. The maximum Gasteiger partial charge on any atom is 0.306 e. The Bertz CT molecular complexity index is 779. The van der Waals surface area contributed by atoms with Gasteiger partial charge in [0.25, 0.3) is 0 Å². The molecule has 6 heteroatoms. The molecule has 0 fully saturated rings. The minimum absolute atomic E-state index is 0.0662. The molecule has 0 heterocycles. The molecule has 0 aromatic heterocycles. The summed E-state index contributed by atoms with van der Waals surface area (Å²) in [5.74, 6) is 0.734. The number of carbonyl (C=O) groups excluding carboxylic acids is 3. The van der Waals surface area contributed by atoms with Gasteiger partial charge < -0.3 is 14.2 Å². The van der Waals surface area contributed by atoms with Gasteiger partial charge in [-0.3, -0.25) is 14.4 Å². The Kier molecular flexibility index (Phi) is 37.0. The van der Waals surface area contributed by atoms with Crippen LogP contribution in [0.25, 0.3) is 0 Å². The van der Waals surface area contributed by atoms with E-state index in [1.165, 1.54) is 128 Å². The highest BCUT2D eigenvalue weighted by atomic mass is 16.6. The SMILES string of the molecule is CCCCCCCCCC(=O)OC[C@@H](COC(=O)CCCCCCCCCCCCCCCCC(C)C)OC(=O)CCCCCCCCC(C)C. The Labute approximate surface area is 317 Å². The van der Waals surface area contributed by atoms with Crippen LogP contribution in [0.3, 0.4) is 0 Å². The molecular formula is C45H86O6. The summed E-state index contributed by atoms with van der Waals surface area (Å²) in [6, 6.07) is 0. The predicted molar refractivity (Wildman–Crippen MR) is 215 cm³/mol. The number of esters is 3. The molecule has 0 unspecified atom stereocenters. The van der Waals surface area contributed by atoms with Gasteiger partial charge in [-0.1, -0.05) is 202 Å². The fourth-order valence-corrected chi connectivity index (χ4v) is 6.58. The monoisotopic (exact) mass is 723 g/mol. The van der Waals surface area contributed by atoms with Gasteiger partial charge in [0.2, 0.25) is 0 Å². The predicted octanol–water partition coefficient (Wildman–Crippen LogP) is 13.8. The first-order chi connectivity index (χ1) is 24.7. The molecule has 0 aliphatic heterocycles. The smallest absolute Gasteiger partial charge is 0.306 e. The molecule has 0 bridgehead atoms. The van der Waals surface area contributed by atoms with Gasteiger partial charge in [0.15, 0.2) is 6.10 Å². The van der Waals surface area contributed by atoms with Crippen LogP contribution in [0.4, 0.5) is 0 Å². The molecule has 0 aliphatic carbocycles. The quantitative estimate of drug-likeness (QED) is 0.0357. The van der Waals surface area contributed by atoms with Crippen LogP contribution in [0, 0.1) is 11.8 Å². The molecule has 1 atom stereocenters. The highest BCUT2D eigenvalue weighted by molar-refractivity contribution is 5.71. The van der Waals surface area contributed by atoms with Crippen molar-refractivity contribution in [1.82, 2.24) is 0 Å². The van der Waals surface area contributed by atoms with E-state index >= 15 is 0 Å². The van der Waals surface area contributed by atoms with Crippen LogP contribution >= 0.6 is 0 Å². The van der Waals surface area contributed by atoms with Crippen LogP contribution in [0.1, 0.15) is 240 Å². The zero-order valence-electron chi connectivity index (χ0n) is 34.7. The van der Waals surface area contributed by atoms with E-state index in [4.69, 9.17) is 14.2 Å². The molecule has 0 saturated carbocycles. The Morgan fingerprint density at radius 1 is 0.373 bits per heavy atom. The average molecular weight is 723 g/mol. The number of carbonyl (C=O) groups is 3. The van der Waals surface area contributed by atoms with Crippen molar-refractivity contribution in [3.63, 3.8) is 0 Å². The highest BCUT2D eigenvalue weighted by Gasteiger charge is 2.19. The molecule has 51 heavy (non-hydrogen) atoms. The number of ether oxygens (including phenoxy) is 3. The van der Waals surface area contributed by atoms with Crippen LogP contribution in [-0.2, 0) is 28.6 Å². The van der Waals surface area contributed by atoms with Crippen molar-refractivity contribution in [2.45, 2.75) is 246 Å². The number of hydrogen-bond donors (Lipinski definition) is 0. The Morgan fingerprint density at radius 2 is 0.647 bits per heavy atom. The van der Waals surface area contributed by atoms with E-state index < -0.39 is 6.10 Å². The lowest BCUT2D eigenvalue weighted by Gasteiger charge is -2.18. The highest BCUT2D eigenvalue weighted by Crippen LogP contribution is 2.16. The maximum absolute atomic E-state index is 12.6. The van der Waals surface area contributed by atoms with E-state index in [2.05, 4.69) is 34.6 Å². The first kappa shape index (κ1) is 49.4. The Morgan fingerprint density at radius 3 is 0.961 bits per heavy atom. The number of rotatable bonds is 39. The van der Waals surface area contributed by atoms with Crippen molar-refractivity contribution in [1.29, 1.82) is 0 Å². The zero-order chi connectivity index (χ0) is 37.6. The third kappa shape index (κ3) is 39.5. The maximum atomic E-state index is 12.6. The Balaban J connectivity index is 4.19. The van der Waals surface area contributed by atoms with E-state index in [0.29, 0.717) is 19.3 Å². The third-order valence-electron chi connectivity index (χ3n) is 9.97. The first-order valence-electron chi connectivity index (χ1n) is 22.2. The van der Waals surface area contributed by atoms with Crippen LogP contribution in [-0.4, -0.2) is 37.2 Å². The summed E-state index contributed by atoms with van der Waals surface area (Å²) in [6.07, 6.45) is 35.4. The van der Waals surface area contributed by atoms with Gasteiger partial charge in [0, 0.05) is 19.3 Å². The lowest BCUT2D eigenvalue weighted by Crippen LogP contribution is -2.30. The van der Waals surface area contributed by atoms with Gasteiger partial charge in [-0.25, -0.2) is 0 Å². The molecule has 0 aromatic rings. The molecular weight excluding hydrogens is 636 g/mol. The van der Waals surface area contributed by atoms with Crippen LogP contribution in [0.15, 0.2) is 0 Å². The van der Waals surface area contributed by atoms with E-state index in [1.54, 1.807) is 0 Å². The van der Waals surface area contributed by atoms with Crippen molar-refractivity contribution in [3.8, 4) is 0 Å². The number of unbranched alkanes of at least 4 members (excludes halogenated alkanes) is 24. The van der Waals surface area contributed by atoms with E-state index in [9.17, 15) is 14.4 Å². The van der Waals surface area contributed by atoms with E-state index in [1.807, 2.05) is 0 Å². The van der Waals surface area contributed by atoms with Crippen molar-refractivity contribution >= 4 is 17.9 Å². The lowest BCUT2D eigenvalue weighted by atomic mass is 10.0. The summed E-state index contributed by atoms with van der Waals surface area (Å²) in [6.45, 7) is 11.2. The minimum atomic E-state index is -0.759. The molecule has 0 aromatic carbocycles. The second kappa shape index (κ2) is 38.1. The first-order valence-corrected chi connectivity index (χ1v) is 22.2. The van der Waals surface area contributed by atoms with Crippen molar-refractivity contribution in [2.75, 3.05) is 13.2 Å². The molecule has 0 spiro atoms. The molecule has 0 radical (unpaired) electrons. The van der Waals surface area contributed by atoms with Crippen molar-refractivity contribution in [2.24, 2.45) is 11.8 Å². The third-order valence-corrected chi connectivity index (χ3v) is 9.97. The van der Waals surface area contributed by atoms with E-state index in [-0.39, 0.29) is 31.1 Å². The fourth-order valence-electron chi connectivity index (χ4n) is 6.58. The topological polar surface area (TPSA) is 78.9 Å². The van der Waals surface area contributed by atoms with Gasteiger partial charge in [0.1, 0.15) is 13.2 Å². The largest absolute Gasteiger partial charge is 0.462 e. The fraction of sp³-hybridized carbons (Fsp3) is 0.933. The van der Waals surface area contributed by atoms with Crippen LogP contribution in [0.2, 0.25) is 0 Å². The molecule has 0 aliphatic rings. The van der Waals surface area contributed by atoms with Gasteiger partial charge in [-0.2, -0.15) is 0 Å². The van der Waals surface area contributed by atoms with Gasteiger partial charge in [0.05, 0.1) is 0 Å². The average Bonchev–Trinajstić information content (AvgIpc) is 3.09. The summed E-state index contributed by atoms with van der Waals surface area (Å²) in [7, 11) is 0. The van der Waals surface area contributed by atoms with Crippen molar-refractivity contribution in [3.05, 3.63) is 0 Å². The standard InChI is InChI=1S/C45H86O6/c1-6-7-8-9-18-25-30-35-43(46)49-38-42(51-45(48)37-32-27-22-21-24-29-34-41(4)5)39-50-44(47)36-31-26-20-17-15-13-11-10-12-14-16-19-23-28-33-40(2)3/h40-42H,6-39H2,1-5H3/t42-/m0/s1. The normalized spacial score (nSPS) is 12.1. The van der Waals surface area contributed by atoms with Gasteiger partial charge in [-0.05, 0) is 31.1 Å². The number of hydrogen-bond acceptors (Lipinski definition) is 6. The summed E-state index contributed by atoms with van der Waals surface area (Å²) in [5, 5.41) is 0. The summed E-state index contributed by atoms with van der Waals surface area (Å²) in [4.78, 5) is 37.5. The summed E-state index contributed by atoms with van der Waals surface area (Å²) < 4.78 is 16.6. The lowest BCUT2D eigenvalue weighted by molar-refractivity contribution is -0.167. The molecule has 6 nitrogen and oxygen atoms in total. The molecule has 0 rings (SSSR count). The second-order valence-corrected chi connectivity index (χ2v) is 16.3. The van der Waals surface area contributed by atoms with Crippen molar-refractivity contribution < 1.29 is 28.6 Å². The molecule has 302 valence electrons. The molecule has 0 saturated heterocycles. The Hall–Kier alpha value is -1.59. The van der Waals surface area contributed by atoms with Gasteiger partial charge >= 0.3 is 17.9 Å². The molecule has 0 N–H and O–H groups in total. The van der Waals surface area contributed by atoms with Gasteiger partial charge in [-0.15, -0.1) is 0 Å². The summed E-state index contributed by atoms with van der Waals surface area (Å²) in [5.41, 5.74) is 0.